The number of benzene rings is 2. The zero-order valence-corrected chi connectivity index (χ0v) is 13.5. The van der Waals surface area contributed by atoms with Crippen molar-refractivity contribution >= 4 is 27.3 Å². The minimum absolute atomic E-state index is 0.0795. The van der Waals surface area contributed by atoms with E-state index < -0.39 is 33.5 Å². The number of alkyl halides is 3. The maximum absolute atomic E-state index is 13.4. The molecule has 0 fully saturated rings. The van der Waals surface area contributed by atoms with Crippen molar-refractivity contribution in [1.29, 1.82) is 0 Å². The first-order valence-electron chi connectivity index (χ1n) is 6.72. The third-order valence-corrected chi connectivity index (χ3v) is 3.59. The second-order valence-corrected chi connectivity index (χ2v) is 6.84. The Morgan fingerprint density at radius 1 is 1.00 bits per heavy atom. The van der Waals surface area contributed by atoms with Crippen molar-refractivity contribution in [3.63, 3.8) is 0 Å². The molecule has 25 heavy (non-hydrogen) atoms. The Labute approximate surface area is 140 Å². The molecule has 2 aromatic rings. The fraction of sp³-hybridized carbons (Fsp3) is 0.133. The van der Waals surface area contributed by atoms with E-state index in [0.29, 0.717) is 0 Å². The highest BCUT2D eigenvalue weighted by Crippen LogP contribution is 2.29. The molecule has 0 saturated heterocycles. The fourth-order valence-corrected chi connectivity index (χ4v) is 2.49. The maximum Gasteiger partial charge on any atom is 0.416 e. The number of sulfonamides is 1. The highest BCUT2D eigenvalue weighted by atomic mass is 32.2. The van der Waals surface area contributed by atoms with Crippen LogP contribution in [0.1, 0.15) is 15.9 Å². The van der Waals surface area contributed by atoms with E-state index in [1.54, 1.807) is 0 Å². The molecule has 0 bridgehead atoms. The van der Waals surface area contributed by atoms with Gasteiger partial charge in [-0.05, 0) is 42.5 Å². The molecular weight excluding hydrogens is 364 g/mol. The molecule has 10 heteroatoms. The first kappa shape index (κ1) is 18.7. The van der Waals surface area contributed by atoms with Crippen LogP contribution < -0.4 is 10.0 Å². The summed E-state index contributed by atoms with van der Waals surface area (Å²) in [5.74, 6) is -1.56. The fourth-order valence-electron chi connectivity index (χ4n) is 1.91. The van der Waals surface area contributed by atoms with Gasteiger partial charge >= 0.3 is 6.18 Å². The number of hydrogen-bond acceptors (Lipinski definition) is 3. The summed E-state index contributed by atoms with van der Waals surface area (Å²) in [6.07, 6.45) is -3.66. The molecule has 0 aliphatic rings. The van der Waals surface area contributed by atoms with Crippen LogP contribution in [0.15, 0.2) is 42.5 Å². The average Bonchev–Trinajstić information content (AvgIpc) is 2.48. The smallest absolute Gasteiger partial charge is 0.320 e. The minimum atomic E-state index is -4.54. The number of rotatable bonds is 4. The van der Waals surface area contributed by atoms with Crippen LogP contribution in [0.2, 0.25) is 0 Å². The van der Waals surface area contributed by atoms with Crippen LogP contribution in [0.3, 0.4) is 0 Å². The van der Waals surface area contributed by atoms with E-state index in [2.05, 4.69) is 10.0 Å². The standard InChI is InChI=1S/C15H12F4N2O3S/c1-25(23,24)21-12-7-6-11(16)8-13(12)20-14(22)9-2-4-10(5-3-9)15(17,18)19/h2-8,21H,1H3,(H,20,22). The Bertz CT molecular complexity index is 894. The SMILES string of the molecule is CS(=O)(=O)Nc1ccc(F)cc1NC(=O)c1ccc(C(F)(F)F)cc1. The summed E-state index contributed by atoms with van der Waals surface area (Å²) < 4.78 is 75.6. The Morgan fingerprint density at radius 3 is 2.12 bits per heavy atom. The first-order chi connectivity index (χ1) is 11.5. The molecule has 134 valence electrons. The summed E-state index contributed by atoms with van der Waals surface area (Å²) in [6.45, 7) is 0. The molecule has 0 atom stereocenters. The van der Waals surface area contributed by atoms with Gasteiger partial charge in [-0.25, -0.2) is 12.8 Å². The molecule has 5 nitrogen and oxygen atoms in total. The molecule has 2 aromatic carbocycles. The Hall–Kier alpha value is -2.62. The monoisotopic (exact) mass is 376 g/mol. The zero-order valence-electron chi connectivity index (χ0n) is 12.7. The van der Waals surface area contributed by atoms with Crippen molar-refractivity contribution in [3.05, 3.63) is 59.4 Å². The molecule has 0 heterocycles. The predicted molar refractivity (Wildman–Crippen MR) is 84.3 cm³/mol. The van der Waals surface area contributed by atoms with E-state index in [0.717, 1.165) is 48.7 Å². The van der Waals surface area contributed by atoms with Crippen molar-refractivity contribution in [2.75, 3.05) is 16.3 Å². The molecule has 1 amide bonds. The first-order valence-corrected chi connectivity index (χ1v) is 8.61. The van der Waals surface area contributed by atoms with Crippen LogP contribution >= 0.6 is 0 Å². The number of halogens is 4. The summed E-state index contributed by atoms with van der Waals surface area (Å²) in [6, 6.07) is 6.37. The summed E-state index contributed by atoms with van der Waals surface area (Å²) in [4.78, 5) is 12.1. The van der Waals surface area contributed by atoms with E-state index in [1.165, 1.54) is 0 Å². The molecule has 0 aromatic heterocycles. The van der Waals surface area contributed by atoms with E-state index in [1.807, 2.05) is 0 Å². The summed E-state index contributed by atoms with van der Waals surface area (Å²) in [5.41, 5.74) is -1.28. The Kier molecular flexibility index (Phi) is 5.02. The van der Waals surface area contributed by atoms with Crippen LogP contribution in [0.25, 0.3) is 0 Å². The lowest BCUT2D eigenvalue weighted by Gasteiger charge is -2.13. The number of carbonyl (C=O) groups excluding carboxylic acids is 1. The summed E-state index contributed by atoms with van der Waals surface area (Å²) in [7, 11) is -3.68. The lowest BCUT2D eigenvalue weighted by Crippen LogP contribution is -2.16. The van der Waals surface area contributed by atoms with Gasteiger partial charge in [0, 0.05) is 5.56 Å². The number of amides is 1. The van der Waals surface area contributed by atoms with Gasteiger partial charge in [0.2, 0.25) is 10.0 Å². The maximum atomic E-state index is 13.4. The largest absolute Gasteiger partial charge is 0.416 e. The van der Waals surface area contributed by atoms with Crippen LogP contribution in [-0.2, 0) is 16.2 Å². The Morgan fingerprint density at radius 2 is 1.60 bits per heavy atom. The zero-order chi connectivity index (χ0) is 18.8. The van der Waals surface area contributed by atoms with Crippen LogP contribution in [0, 0.1) is 5.82 Å². The lowest BCUT2D eigenvalue weighted by atomic mass is 10.1. The highest BCUT2D eigenvalue weighted by molar-refractivity contribution is 7.92. The number of anilines is 2. The van der Waals surface area contributed by atoms with Gasteiger partial charge in [-0.2, -0.15) is 13.2 Å². The summed E-state index contributed by atoms with van der Waals surface area (Å²) in [5, 5.41) is 2.26. The normalized spacial score (nSPS) is 11.9. The van der Waals surface area contributed by atoms with Crippen LogP contribution in [0.4, 0.5) is 28.9 Å². The number of hydrogen-bond donors (Lipinski definition) is 2. The summed E-state index contributed by atoms with van der Waals surface area (Å²) >= 11 is 0. The molecule has 0 aliphatic carbocycles. The Balaban J connectivity index is 2.27. The topological polar surface area (TPSA) is 75.3 Å². The third kappa shape index (κ3) is 5.18. The lowest BCUT2D eigenvalue weighted by molar-refractivity contribution is -0.137. The van der Waals surface area contributed by atoms with Gasteiger partial charge in [0.05, 0.1) is 23.2 Å². The van der Waals surface area contributed by atoms with E-state index in [-0.39, 0.29) is 16.9 Å². The second-order valence-electron chi connectivity index (χ2n) is 5.09. The molecule has 0 saturated carbocycles. The number of carbonyl (C=O) groups is 1. The number of nitrogens with one attached hydrogen (secondary N) is 2. The molecule has 0 spiro atoms. The van der Waals surface area contributed by atoms with Crippen molar-refractivity contribution < 1.29 is 30.8 Å². The third-order valence-electron chi connectivity index (χ3n) is 3.00. The average molecular weight is 376 g/mol. The van der Waals surface area contributed by atoms with Gasteiger partial charge in [-0.15, -0.1) is 0 Å². The van der Waals surface area contributed by atoms with Crippen LogP contribution in [0.5, 0.6) is 0 Å². The second kappa shape index (κ2) is 6.71. The van der Waals surface area contributed by atoms with E-state index in [9.17, 15) is 30.8 Å². The van der Waals surface area contributed by atoms with Gasteiger partial charge in [0.25, 0.3) is 5.91 Å². The van der Waals surface area contributed by atoms with Crippen molar-refractivity contribution in [2.45, 2.75) is 6.18 Å². The van der Waals surface area contributed by atoms with Crippen molar-refractivity contribution in [2.24, 2.45) is 0 Å². The van der Waals surface area contributed by atoms with Crippen molar-refractivity contribution in [3.8, 4) is 0 Å². The molecular formula is C15H12F4N2O3S. The predicted octanol–water partition coefficient (Wildman–Crippen LogP) is 3.47. The molecule has 2 rings (SSSR count). The van der Waals surface area contributed by atoms with Gasteiger partial charge < -0.3 is 5.32 Å². The molecule has 0 unspecified atom stereocenters. The molecule has 0 radical (unpaired) electrons. The minimum Gasteiger partial charge on any atom is -0.320 e. The van der Waals surface area contributed by atoms with Gasteiger partial charge in [0.15, 0.2) is 0 Å². The van der Waals surface area contributed by atoms with Gasteiger partial charge in [-0.3, -0.25) is 9.52 Å². The van der Waals surface area contributed by atoms with Crippen LogP contribution in [-0.4, -0.2) is 20.6 Å². The van der Waals surface area contributed by atoms with Gasteiger partial charge in [0.1, 0.15) is 5.82 Å². The quantitative estimate of drug-likeness (QED) is 0.803. The molecule has 2 N–H and O–H groups in total. The van der Waals surface area contributed by atoms with E-state index in [4.69, 9.17) is 0 Å². The highest BCUT2D eigenvalue weighted by Gasteiger charge is 2.30. The van der Waals surface area contributed by atoms with E-state index >= 15 is 0 Å². The van der Waals surface area contributed by atoms with Crippen molar-refractivity contribution in [1.82, 2.24) is 0 Å². The molecule has 0 aliphatic heterocycles. The van der Waals surface area contributed by atoms with Gasteiger partial charge in [-0.1, -0.05) is 0 Å².